The van der Waals surface area contributed by atoms with Crippen molar-refractivity contribution in [1.82, 2.24) is 5.32 Å². The van der Waals surface area contributed by atoms with E-state index in [-0.39, 0.29) is 16.6 Å². The number of nitrogens with two attached hydrogens (primary N) is 1. The third kappa shape index (κ3) is 4.20. The molecule has 0 heterocycles. The summed E-state index contributed by atoms with van der Waals surface area (Å²) in [4.78, 5) is 12.1. The number of hydrogen-bond donors (Lipinski definition) is 2. The maximum atomic E-state index is 12.5. The highest BCUT2D eigenvalue weighted by Gasteiger charge is 2.31. The van der Waals surface area contributed by atoms with Crippen molar-refractivity contribution in [1.29, 1.82) is 0 Å². The third-order valence-corrected chi connectivity index (χ3v) is 5.53. The molecule has 1 aromatic carbocycles. The van der Waals surface area contributed by atoms with Crippen molar-refractivity contribution < 1.29 is 13.2 Å². The van der Waals surface area contributed by atoms with Crippen LogP contribution in [0.15, 0.2) is 23.1 Å². The molecule has 0 aliphatic carbocycles. The van der Waals surface area contributed by atoms with E-state index in [1.54, 1.807) is 19.1 Å². The summed E-state index contributed by atoms with van der Waals surface area (Å²) in [5.74, 6) is -0.489. The lowest BCUT2D eigenvalue weighted by Crippen LogP contribution is -2.42. The van der Waals surface area contributed by atoms with Gasteiger partial charge in [-0.15, -0.1) is 0 Å². The van der Waals surface area contributed by atoms with Gasteiger partial charge in [-0.1, -0.05) is 19.4 Å². The second-order valence-electron chi connectivity index (χ2n) is 5.43. The molecule has 5 nitrogen and oxygen atoms in total. The van der Waals surface area contributed by atoms with Crippen molar-refractivity contribution >= 4 is 21.4 Å². The number of nitrogens with one attached hydrogen (secondary N) is 1. The highest BCUT2D eigenvalue weighted by Crippen LogP contribution is 2.24. The number of rotatable bonds is 6. The first-order valence-electron chi connectivity index (χ1n) is 7.10. The molecule has 1 amide bonds. The third-order valence-electron chi connectivity index (χ3n) is 3.42. The van der Waals surface area contributed by atoms with Crippen LogP contribution in [0, 0.1) is 6.92 Å². The lowest BCUT2D eigenvalue weighted by Gasteiger charge is -2.18. The van der Waals surface area contributed by atoms with Crippen molar-refractivity contribution in [2.75, 3.05) is 5.73 Å². The van der Waals surface area contributed by atoms with E-state index in [0.29, 0.717) is 0 Å². The SMILES string of the molecule is CCCC(C)NC(=O)C(C)S(=O)(=O)c1cc(C)ccc1N. The Morgan fingerprint density at radius 3 is 2.52 bits per heavy atom. The summed E-state index contributed by atoms with van der Waals surface area (Å²) < 4.78 is 25.1. The summed E-state index contributed by atoms with van der Waals surface area (Å²) in [6.45, 7) is 7.05. The van der Waals surface area contributed by atoms with Crippen LogP contribution in [0.2, 0.25) is 0 Å². The van der Waals surface area contributed by atoms with Crippen molar-refractivity contribution in [3.05, 3.63) is 23.8 Å². The maximum absolute atomic E-state index is 12.5. The molecule has 6 heteroatoms. The number of hydrogen-bond acceptors (Lipinski definition) is 4. The van der Waals surface area contributed by atoms with Gasteiger partial charge in [-0.25, -0.2) is 8.42 Å². The summed E-state index contributed by atoms with van der Waals surface area (Å²) in [5.41, 5.74) is 6.71. The zero-order chi connectivity index (χ0) is 16.2. The van der Waals surface area contributed by atoms with E-state index >= 15 is 0 Å². The summed E-state index contributed by atoms with van der Waals surface area (Å²) in [6, 6.07) is 4.74. The highest BCUT2D eigenvalue weighted by atomic mass is 32.2. The molecule has 2 atom stereocenters. The van der Waals surface area contributed by atoms with E-state index in [2.05, 4.69) is 5.32 Å². The first-order chi connectivity index (χ1) is 9.70. The smallest absolute Gasteiger partial charge is 0.238 e. The molecule has 0 saturated heterocycles. The number of amides is 1. The van der Waals surface area contributed by atoms with E-state index in [0.717, 1.165) is 18.4 Å². The van der Waals surface area contributed by atoms with Gasteiger partial charge in [0.05, 0.1) is 10.6 Å². The first kappa shape index (κ1) is 17.5. The van der Waals surface area contributed by atoms with E-state index in [4.69, 9.17) is 5.73 Å². The minimum absolute atomic E-state index is 0.0216. The van der Waals surface area contributed by atoms with Crippen molar-refractivity contribution in [3.63, 3.8) is 0 Å². The number of benzene rings is 1. The van der Waals surface area contributed by atoms with Crippen molar-refractivity contribution in [2.45, 2.75) is 56.7 Å². The summed E-state index contributed by atoms with van der Waals surface area (Å²) in [7, 11) is -3.79. The van der Waals surface area contributed by atoms with Crippen LogP contribution in [-0.4, -0.2) is 25.6 Å². The van der Waals surface area contributed by atoms with Crippen LogP contribution in [-0.2, 0) is 14.6 Å². The van der Waals surface area contributed by atoms with Gasteiger partial charge in [0.25, 0.3) is 0 Å². The molecule has 1 aromatic rings. The Kier molecular flexibility index (Phi) is 5.78. The Morgan fingerprint density at radius 1 is 1.33 bits per heavy atom. The molecule has 2 unspecified atom stereocenters. The van der Waals surface area contributed by atoms with Crippen LogP contribution in [0.5, 0.6) is 0 Å². The number of aryl methyl sites for hydroxylation is 1. The van der Waals surface area contributed by atoms with Gasteiger partial charge in [-0.3, -0.25) is 4.79 Å². The molecule has 0 bridgehead atoms. The topological polar surface area (TPSA) is 89.3 Å². The fourth-order valence-corrected chi connectivity index (χ4v) is 3.56. The molecule has 0 aromatic heterocycles. The molecule has 21 heavy (non-hydrogen) atoms. The quantitative estimate of drug-likeness (QED) is 0.787. The van der Waals surface area contributed by atoms with Crippen LogP contribution in [0.25, 0.3) is 0 Å². The average molecular weight is 312 g/mol. The standard InChI is InChI=1S/C15H24N2O3S/c1-5-6-11(3)17-15(18)12(4)21(19,20)14-9-10(2)7-8-13(14)16/h7-9,11-12H,5-6,16H2,1-4H3,(H,17,18). The van der Waals surface area contributed by atoms with Crippen molar-refractivity contribution in [2.24, 2.45) is 0 Å². The molecule has 0 fully saturated rings. The molecule has 1 rings (SSSR count). The van der Waals surface area contributed by atoms with Crippen LogP contribution < -0.4 is 11.1 Å². The number of anilines is 1. The van der Waals surface area contributed by atoms with Gasteiger partial charge in [-0.05, 0) is 44.9 Å². The van der Waals surface area contributed by atoms with Gasteiger partial charge in [0, 0.05) is 6.04 Å². The highest BCUT2D eigenvalue weighted by molar-refractivity contribution is 7.93. The fourth-order valence-electron chi connectivity index (χ4n) is 2.08. The molecule has 3 N–H and O–H groups in total. The monoisotopic (exact) mass is 312 g/mol. The maximum Gasteiger partial charge on any atom is 0.238 e. The number of carbonyl (C=O) groups excluding carboxylic acids is 1. The second-order valence-corrected chi connectivity index (χ2v) is 7.66. The lowest BCUT2D eigenvalue weighted by atomic mass is 10.2. The van der Waals surface area contributed by atoms with Crippen molar-refractivity contribution in [3.8, 4) is 0 Å². The summed E-state index contributed by atoms with van der Waals surface area (Å²) in [5, 5.41) is 1.57. The largest absolute Gasteiger partial charge is 0.398 e. The predicted molar refractivity (Wildman–Crippen MR) is 84.8 cm³/mol. The molecule has 0 radical (unpaired) electrons. The molecule has 118 valence electrons. The number of sulfone groups is 1. The Bertz CT molecular complexity index is 611. The van der Waals surface area contributed by atoms with Crippen LogP contribution >= 0.6 is 0 Å². The van der Waals surface area contributed by atoms with Gasteiger partial charge in [0.2, 0.25) is 5.91 Å². The van der Waals surface area contributed by atoms with E-state index < -0.39 is 21.0 Å². The van der Waals surface area contributed by atoms with Gasteiger partial charge >= 0.3 is 0 Å². The predicted octanol–water partition coefficient (Wildman–Crippen LogP) is 2.04. The zero-order valence-corrected chi connectivity index (χ0v) is 13.8. The fraction of sp³-hybridized carbons (Fsp3) is 0.533. The summed E-state index contributed by atoms with van der Waals surface area (Å²) >= 11 is 0. The number of carbonyl (C=O) groups is 1. The molecule has 0 aliphatic heterocycles. The Hall–Kier alpha value is -1.56. The minimum Gasteiger partial charge on any atom is -0.398 e. The zero-order valence-electron chi connectivity index (χ0n) is 13.0. The van der Waals surface area contributed by atoms with Gasteiger partial charge < -0.3 is 11.1 Å². The Labute approximate surface area is 126 Å². The van der Waals surface area contributed by atoms with E-state index in [9.17, 15) is 13.2 Å². The summed E-state index contributed by atoms with van der Waals surface area (Å²) in [6.07, 6.45) is 1.73. The van der Waals surface area contributed by atoms with Crippen LogP contribution in [0.1, 0.15) is 39.2 Å². The second kappa shape index (κ2) is 6.93. The normalized spacial score (nSPS) is 14.5. The molecule has 0 saturated carbocycles. The van der Waals surface area contributed by atoms with Gasteiger partial charge in [-0.2, -0.15) is 0 Å². The molecule has 0 aliphatic rings. The average Bonchev–Trinajstić information content (AvgIpc) is 2.40. The molecule has 0 spiro atoms. The Morgan fingerprint density at radius 2 is 1.95 bits per heavy atom. The Balaban J connectivity index is 3.01. The lowest BCUT2D eigenvalue weighted by molar-refractivity contribution is -0.121. The van der Waals surface area contributed by atoms with Crippen LogP contribution in [0.4, 0.5) is 5.69 Å². The van der Waals surface area contributed by atoms with Gasteiger partial charge in [0.1, 0.15) is 5.25 Å². The molecular weight excluding hydrogens is 288 g/mol. The van der Waals surface area contributed by atoms with E-state index in [1.165, 1.54) is 13.0 Å². The van der Waals surface area contributed by atoms with Gasteiger partial charge in [0.15, 0.2) is 9.84 Å². The van der Waals surface area contributed by atoms with E-state index in [1.807, 2.05) is 13.8 Å². The first-order valence-corrected chi connectivity index (χ1v) is 8.65. The van der Waals surface area contributed by atoms with Crippen LogP contribution in [0.3, 0.4) is 0 Å². The molecular formula is C15H24N2O3S. The minimum atomic E-state index is -3.79. The number of nitrogen functional groups attached to an aromatic ring is 1.